The maximum Gasteiger partial charge on any atom is 0.213 e. The van der Waals surface area contributed by atoms with Gasteiger partial charge in [-0.25, -0.2) is 4.98 Å². The van der Waals surface area contributed by atoms with Crippen LogP contribution in [0.15, 0.2) is 12.3 Å². The first-order chi connectivity index (χ1) is 5.65. The summed E-state index contributed by atoms with van der Waals surface area (Å²) in [4.78, 5) is 14.1. The minimum Gasteiger partial charge on any atom is -0.545 e. The van der Waals surface area contributed by atoms with Gasteiger partial charge in [0.1, 0.15) is 0 Å². The first-order valence-electron chi connectivity index (χ1n) is 3.16. The molecule has 0 atom stereocenters. The number of aromatic carboxylic acids is 1. The third kappa shape index (κ3) is 1.45. The molecule has 0 fully saturated rings. The highest BCUT2D eigenvalue weighted by atomic mass is 16.5. The second kappa shape index (κ2) is 3.08. The van der Waals surface area contributed by atoms with Crippen molar-refractivity contribution in [1.82, 2.24) is 4.98 Å². The van der Waals surface area contributed by atoms with Crippen LogP contribution in [0, 0.1) is 0 Å². The Bertz CT molecular complexity index is 312. The first kappa shape index (κ1) is 8.32. The van der Waals surface area contributed by atoms with Crippen LogP contribution in [0.2, 0.25) is 0 Å². The molecule has 0 bridgehead atoms. The number of methoxy groups -OCH3 is 1. The number of nitrogens with zero attached hydrogens (tertiary/aromatic N) is 1. The molecule has 1 heterocycles. The molecule has 0 aromatic carbocycles. The van der Waals surface area contributed by atoms with E-state index in [9.17, 15) is 9.90 Å². The maximum atomic E-state index is 10.4. The van der Waals surface area contributed by atoms with Crippen molar-refractivity contribution in [2.75, 3.05) is 12.8 Å². The number of anilines is 1. The van der Waals surface area contributed by atoms with Gasteiger partial charge in [-0.15, -0.1) is 0 Å². The summed E-state index contributed by atoms with van der Waals surface area (Å²) in [6.45, 7) is 0. The number of pyridine rings is 1. The van der Waals surface area contributed by atoms with Crippen LogP contribution in [0.3, 0.4) is 0 Å². The van der Waals surface area contributed by atoms with E-state index in [4.69, 9.17) is 10.5 Å². The zero-order valence-corrected chi connectivity index (χ0v) is 6.40. The van der Waals surface area contributed by atoms with Crippen molar-refractivity contribution in [3.05, 3.63) is 17.8 Å². The van der Waals surface area contributed by atoms with Crippen molar-refractivity contribution in [2.24, 2.45) is 0 Å². The maximum absolute atomic E-state index is 10.4. The predicted octanol–water partition coefficient (Wildman–Crippen LogP) is -0.964. The average molecular weight is 167 g/mol. The number of aromatic nitrogens is 1. The van der Waals surface area contributed by atoms with Gasteiger partial charge in [-0.2, -0.15) is 0 Å². The molecule has 0 unspecified atom stereocenters. The Hall–Kier alpha value is -1.78. The summed E-state index contributed by atoms with van der Waals surface area (Å²) in [5, 5.41) is 10.4. The van der Waals surface area contributed by atoms with Gasteiger partial charge in [0, 0.05) is 11.6 Å². The van der Waals surface area contributed by atoms with E-state index >= 15 is 0 Å². The molecule has 0 radical (unpaired) electrons. The van der Waals surface area contributed by atoms with Crippen LogP contribution < -0.4 is 15.6 Å². The monoisotopic (exact) mass is 167 g/mol. The van der Waals surface area contributed by atoms with Crippen molar-refractivity contribution in [3.8, 4) is 5.88 Å². The number of hydrogen-bond acceptors (Lipinski definition) is 5. The summed E-state index contributed by atoms with van der Waals surface area (Å²) in [6, 6.07) is 1.21. The predicted molar refractivity (Wildman–Crippen MR) is 39.5 cm³/mol. The lowest BCUT2D eigenvalue weighted by Crippen LogP contribution is -2.23. The van der Waals surface area contributed by atoms with Crippen molar-refractivity contribution in [3.63, 3.8) is 0 Å². The van der Waals surface area contributed by atoms with E-state index in [-0.39, 0.29) is 17.1 Å². The number of carboxylic acids is 1. The highest BCUT2D eigenvalue weighted by molar-refractivity contribution is 5.92. The minimum atomic E-state index is -1.34. The van der Waals surface area contributed by atoms with E-state index < -0.39 is 5.97 Å². The van der Waals surface area contributed by atoms with E-state index in [0.29, 0.717) is 0 Å². The smallest absolute Gasteiger partial charge is 0.213 e. The number of carbonyl (C=O) groups excluding carboxylic acids is 1. The van der Waals surface area contributed by atoms with Crippen LogP contribution in [-0.2, 0) is 0 Å². The third-order valence-corrected chi connectivity index (χ3v) is 1.34. The number of ether oxygens (including phenoxy) is 1. The molecule has 0 aliphatic rings. The normalized spacial score (nSPS) is 9.42. The van der Waals surface area contributed by atoms with Gasteiger partial charge in [-0.05, 0) is 0 Å². The average Bonchev–Trinajstić information content (AvgIpc) is 2.05. The molecule has 0 amide bonds. The lowest BCUT2D eigenvalue weighted by molar-refractivity contribution is -0.254. The summed E-state index contributed by atoms with van der Waals surface area (Å²) < 4.78 is 4.70. The number of nitrogens with two attached hydrogens (primary N) is 1. The van der Waals surface area contributed by atoms with E-state index in [1.165, 1.54) is 19.4 Å². The lowest BCUT2D eigenvalue weighted by Gasteiger charge is -2.06. The summed E-state index contributed by atoms with van der Waals surface area (Å²) in [7, 11) is 1.39. The molecular formula is C7H7N2O3-. The van der Waals surface area contributed by atoms with Gasteiger partial charge in [0.2, 0.25) is 5.88 Å². The van der Waals surface area contributed by atoms with Gasteiger partial charge in [0.05, 0.1) is 25.0 Å². The standard InChI is InChI=1S/C7H8N2O3/c1-12-6-2-4(7(10)11)5(8)3-9-6/h2-3H,8H2,1H3,(H,10,11)/p-1. The van der Waals surface area contributed by atoms with Crippen LogP contribution in [0.25, 0.3) is 0 Å². The van der Waals surface area contributed by atoms with E-state index in [2.05, 4.69) is 4.98 Å². The van der Waals surface area contributed by atoms with Gasteiger partial charge in [-0.1, -0.05) is 0 Å². The molecule has 0 spiro atoms. The number of carboxylic acid groups (broad SMARTS) is 1. The molecule has 5 nitrogen and oxygen atoms in total. The fourth-order valence-corrected chi connectivity index (χ4v) is 0.735. The van der Waals surface area contributed by atoms with Gasteiger partial charge in [-0.3, -0.25) is 0 Å². The zero-order chi connectivity index (χ0) is 9.14. The molecule has 0 aliphatic carbocycles. The summed E-state index contributed by atoms with van der Waals surface area (Å²) >= 11 is 0. The number of rotatable bonds is 2. The van der Waals surface area contributed by atoms with Crippen LogP contribution in [0.4, 0.5) is 5.69 Å². The molecule has 1 aromatic heterocycles. The fraction of sp³-hybridized carbons (Fsp3) is 0.143. The van der Waals surface area contributed by atoms with E-state index in [0.717, 1.165) is 0 Å². The summed E-state index contributed by atoms with van der Waals surface area (Å²) in [5.41, 5.74) is 5.26. The third-order valence-electron chi connectivity index (χ3n) is 1.34. The van der Waals surface area contributed by atoms with Gasteiger partial charge < -0.3 is 20.4 Å². The Morgan fingerprint density at radius 3 is 2.92 bits per heavy atom. The zero-order valence-electron chi connectivity index (χ0n) is 6.40. The fourth-order valence-electron chi connectivity index (χ4n) is 0.735. The second-order valence-electron chi connectivity index (χ2n) is 2.10. The van der Waals surface area contributed by atoms with Crippen molar-refractivity contribution in [2.45, 2.75) is 0 Å². The topological polar surface area (TPSA) is 88.3 Å². The SMILES string of the molecule is COc1cc(C(=O)[O-])c(N)cn1. The van der Waals surface area contributed by atoms with Crippen molar-refractivity contribution in [1.29, 1.82) is 0 Å². The largest absolute Gasteiger partial charge is 0.545 e. The quantitative estimate of drug-likeness (QED) is 0.612. The summed E-state index contributed by atoms with van der Waals surface area (Å²) in [6.07, 6.45) is 1.21. The van der Waals surface area contributed by atoms with Gasteiger partial charge in [0.25, 0.3) is 0 Å². The van der Waals surface area contributed by atoms with Crippen LogP contribution in [0.5, 0.6) is 5.88 Å². The Morgan fingerprint density at radius 2 is 2.42 bits per heavy atom. The second-order valence-corrected chi connectivity index (χ2v) is 2.10. The molecule has 0 saturated heterocycles. The Balaban J connectivity index is 3.17. The Kier molecular flexibility index (Phi) is 2.14. The molecule has 5 heteroatoms. The van der Waals surface area contributed by atoms with Crippen LogP contribution in [-0.4, -0.2) is 18.1 Å². The first-order valence-corrected chi connectivity index (χ1v) is 3.16. The van der Waals surface area contributed by atoms with Gasteiger partial charge in [0.15, 0.2) is 0 Å². The Morgan fingerprint density at radius 1 is 1.75 bits per heavy atom. The molecule has 0 saturated carbocycles. The highest BCUT2D eigenvalue weighted by Gasteiger charge is 2.02. The van der Waals surface area contributed by atoms with Crippen molar-refractivity contribution < 1.29 is 14.6 Å². The van der Waals surface area contributed by atoms with Crippen molar-refractivity contribution >= 4 is 11.7 Å². The summed E-state index contributed by atoms with van der Waals surface area (Å²) in [5.74, 6) is -1.14. The molecule has 0 aliphatic heterocycles. The van der Waals surface area contributed by atoms with E-state index in [1.807, 2.05) is 0 Å². The van der Waals surface area contributed by atoms with Gasteiger partial charge >= 0.3 is 0 Å². The molecule has 64 valence electrons. The number of carbonyl (C=O) groups is 1. The van der Waals surface area contributed by atoms with E-state index in [1.54, 1.807) is 0 Å². The molecule has 12 heavy (non-hydrogen) atoms. The Labute approximate surface area is 68.8 Å². The molecule has 1 rings (SSSR count). The number of nitrogen functional groups attached to an aromatic ring is 1. The lowest BCUT2D eigenvalue weighted by atomic mass is 10.2. The molecular weight excluding hydrogens is 160 g/mol. The molecule has 1 aromatic rings. The minimum absolute atomic E-state index is 0.0656. The van der Waals surface area contributed by atoms with Crippen LogP contribution >= 0.6 is 0 Å². The number of hydrogen-bond donors (Lipinski definition) is 1. The van der Waals surface area contributed by atoms with Crippen LogP contribution in [0.1, 0.15) is 10.4 Å². The highest BCUT2D eigenvalue weighted by Crippen LogP contribution is 2.14. The molecule has 2 N–H and O–H groups in total.